The van der Waals surface area contributed by atoms with E-state index in [-0.39, 0.29) is 35.6 Å². The number of carbonyl (C=O) groups excluding carboxylic acids is 2. The number of aryl methyl sites for hydroxylation is 1. The molecular weight excluding hydrogens is 398 g/mol. The third-order valence-corrected chi connectivity index (χ3v) is 5.20. The highest BCUT2D eigenvalue weighted by Crippen LogP contribution is 2.32. The van der Waals surface area contributed by atoms with Crippen molar-refractivity contribution >= 4 is 11.8 Å². The number of aromatic nitrogens is 5. The molecule has 0 spiro atoms. The number of rotatable bonds is 7. The predicted octanol–water partition coefficient (Wildman–Crippen LogP) is 2.07. The van der Waals surface area contributed by atoms with Crippen molar-refractivity contribution in [1.29, 1.82) is 0 Å². The number of nitrogens with one attached hydrogen (secondary N) is 2. The van der Waals surface area contributed by atoms with E-state index in [0.29, 0.717) is 43.3 Å². The second kappa shape index (κ2) is 8.75. The monoisotopic (exact) mass is 425 g/mol. The van der Waals surface area contributed by atoms with Gasteiger partial charge in [-0.05, 0) is 31.4 Å². The van der Waals surface area contributed by atoms with E-state index < -0.39 is 0 Å². The van der Waals surface area contributed by atoms with E-state index in [1.165, 1.54) is 0 Å². The molecule has 10 nitrogen and oxygen atoms in total. The van der Waals surface area contributed by atoms with Crippen molar-refractivity contribution in [3.63, 3.8) is 0 Å². The van der Waals surface area contributed by atoms with Crippen LogP contribution in [0.15, 0.2) is 35.3 Å². The minimum Gasteiger partial charge on any atom is -0.454 e. The molecule has 0 aromatic carbocycles. The van der Waals surface area contributed by atoms with Gasteiger partial charge in [0.1, 0.15) is 11.6 Å². The lowest BCUT2D eigenvalue weighted by Gasteiger charge is -2.21. The van der Waals surface area contributed by atoms with E-state index in [1.807, 2.05) is 31.5 Å². The van der Waals surface area contributed by atoms with Crippen LogP contribution < -0.4 is 5.32 Å². The number of nitrogens with zero attached hydrogens (tertiary/aromatic N) is 5. The highest BCUT2D eigenvalue weighted by Gasteiger charge is 2.40. The summed E-state index contributed by atoms with van der Waals surface area (Å²) in [5.74, 6) is 2.13. The van der Waals surface area contributed by atoms with Gasteiger partial charge in [-0.25, -0.2) is 9.97 Å². The van der Waals surface area contributed by atoms with Crippen molar-refractivity contribution in [1.82, 2.24) is 34.9 Å². The Labute approximate surface area is 180 Å². The molecule has 0 saturated carbocycles. The van der Waals surface area contributed by atoms with Gasteiger partial charge in [-0.1, -0.05) is 13.8 Å². The fourth-order valence-corrected chi connectivity index (χ4v) is 3.86. The maximum atomic E-state index is 13.3. The van der Waals surface area contributed by atoms with E-state index in [4.69, 9.17) is 4.42 Å². The summed E-state index contributed by atoms with van der Waals surface area (Å²) in [5.41, 5.74) is 0. The first-order chi connectivity index (χ1) is 14.9. The Morgan fingerprint density at radius 2 is 2.19 bits per heavy atom. The summed E-state index contributed by atoms with van der Waals surface area (Å²) >= 11 is 0. The van der Waals surface area contributed by atoms with Gasteiger partial charge in [0.05, 0.1) is 18.9 Å². The molecule has 1 aliphatic rings. The van der Waals surface area contributed by atoms with Crippen LogP contribution in [-0.2, 0) is 11.3 Å². The van der Waals surface area contributed by atoms with Gasteiger partial charge in [0.15, 0.2) is 11.6 Å². The van der Waals surface area contributed by atoms with Crippen LogP contribution in [0.2, 0.25) is 0 Å². The summed E-state index contributed by atoms with van der Waals surface area (Å²) < 4.78 is 7.68. The number of imidazole rings is 1. The summed E-state index contributed by atoms with van der Waals surface area (Å²) in [6.45, 7) is 6.68. The van der Waals surface area contributed by atoms with Crippen molar-refractivity contribution in [3.05, 3.63) is 54.0 Å². The molecule has 3 aromatic heterocycles. The van der Waals surface area contributed by atoms with Gasteiger partial charge in [0.2, 0.25) is 5.91 Å². The van der Waals surface area contributed by atoms with Gasteiger partial charge in [0.25, 0.3) is 5.91 Å². The zero-order valence-corrected chi connectivity index (χ0v) is 17.9. The van der Waals surface area contributed by atoms with E-state index in [9.17, 15) is 9.59 Å². The summed E-state index contributed by atoms with van der Waals surface area (Å²) in [6.07, 6.45) is 6.21. The number of amides is 2. The Morgan fingerprint density at radius 1 is 1.35 bits per heavy atom. The lowest BCUT2D eigenvalue weighted by atomic mass is 10.1. The zero-order valence-electron chi connectivity index (χ0n) is 17.9. The molecule has 1 saturated heterocycles. The largest absolute Gasteiger partial charge is 0.454 e. The zero-order chi connectivity index (χ0) is 22.0. The average Bonchev–Trinajstić information content (AvgIpc) is 3.48. The van der Waals surface area contributed by atoms with Gasteiger partial charge in [0, 0.05) is 31.4 Å². The first-order valence-electron chi connectivity index (χ1n) is 10.4. The Hall–Kier alpha value is -3.43. The molecule has 10 heteroatoms. The third kappa shape index (κ3) is 4.84. The van der Waals surface area contributed by atoms with Gasteiger partial charge in [-0.15, -0.1) is 0 Å². The SMILES string of the molecule is Cc1nc([C@@H]2C[C@H](NC(=O)CC(C)C)CN2C(=O)c2ccc(Cn3ccnc3)o2)n[nH]1. The second-order valence-electron chi connectivity index (χ2n) is 8.35. The first kappa shape index (κ1) is 20.8. The molecule has 2 amide bonds. The van der Waals surface area contributed by atoms with Gasteiger partial charge in [-0.3, -0.25) is 14.7 Å². The van der Waals surface area contributed by atoms with Crippen LogP contribution >= 0.6 is 0 Å². The maximum absolute atomic E-state index is 13.3. The van der Waals surface area contributed by atoms with Crippen molar-refractivity contribution in [3.8, 4) is 0 Å². The highest BCUT2D eigenvalue weighted by molar-refractivity contribution is 5.92. The number of hydrogen-bond donors (Lipinski definition) is 2. The van der Waals surface area contributed by atoms with E-state index in [1.54, 1.807) is 29.6 Å². The lowest BCUT2D eigenvalue weighted by Crippen LogP contribution is -2.39. The van der Waals surface area contributed by atoms with E-state index >= 15 is 0 Å². The number of H-pyrrole nitrogens is 1. The number of aromatic amines is 1. The number of hydrogen-bond acceptors (Lipinski definition) is 6. The third-order valence-electron chi connectivity index (χ3n) is 5.20. The van der Waals surface area contributed by atoms with Crippen LogP contribution in [0.1, 0.15) is 60.7 Å². The molecule has 1 fully saturated rings. The van der Waals surface area contributed by atoms with E-state index in [0.717, 1.165) is 0 Å². The number of furan rings is 1. The fourth-order valence-electron chi connectivity index (χ4n) is 3.86. The first-order valence-corrected chi connectivity index (χ1v) is 10.4. The van der Waals surface area contributed by atoms with Crippen molar-refractivity contribution < 1.29 is 14.0 Å². The predicted molar refractivity (Wildman–Crippen MR) is 111 cm³/mol. The smallest absolute Gasteiger partial charge is 0.290 e. The summed E-state index contributed by atoms with van der Waals surface area (Å²) in [7, 11) is 0. The van der Waals surface area contributed by atoms with E-state index in [2.05, 4.69) is 25.5 Å². The molecule has 0 radical (unpaired) electrons. The van der Waals surface area contributed by atoms with Gasteiger partial charge in [-0.2, -0.15) is 5.10 Å². The molecule has 164 valence electrons. The normalized spacial score (nSPS) is 18.6. The Kier molecular flexibility index (Phi) is 5.88. The Bertz CT molecular complexity index is 1040. The van der Waals surface area contributed by atoms with Crippen LogP contribution in [0.4, 0.5) is 0 Å². The van der Waals surface area contributed by atoms with Crippen LogP contribution in [0, 0.1) is 12.8 Å². The Balaban J connectivity index is 1.51. The molecule has 0 unspecified atom stereocenters. The molecule has 3 aromatic rings. The minimum atomic E-state index is -0.344. The summed E-state index contributed by atoms with van der Waals surface area (Å²) in [4.78, 5) is 35.7. The van der Waals surface area contributed by atoms with Gasteiger partial charge >= 0.3 is 0 Å². The summed E-state index contributed by atoms with van der Waals surface area (Å²) in [5, 5.41) is 10.1. The molecular formula is C21H27N7O3. The molecule has 1 aliphatic heterocycles. The van der Waals surface area contributed by atoms with Crippen LogP contribution in [-0.4, -0.2) is 54.0 Å². The van der Waals surface area contributed by atoms with Gasteiger partial charge < -0.3 is 19.2 Å². The maximum Gasteiger partial charge on any atom is 0.290 e. The van der Waals surface area contributed by atoms with Crippen molar-refractivity contribution in [2.75, 3.05) is 6.54 Å². The number of carbonyl (C=O) groups is 2. The standard InChI is InChI=1S/C21H27N7O3/c1-13(2)8-19(29)24-15-9-17(20-23-14(3)25-26-20)28(10-15)21(30)18-5-4-16(31-18)11-27-7-6-22-12-27/h4-7,12-13,15,17H,8-11H2,1-3H3,(H,24,29)(H,23,25,26)/t15-,17-/m0/s1. The van der Waals surface area contributed by atoms with Crippen LogP contribution in [0.3, 0.4) is 0 Å². The molecule has 4 rings (SSSR count). The topological polar surface area (TPSA) is 122 Å². The molecule has 0 aliphatic carbocycles. The molecule has 0 bridgehead atoms. The second-order valence-corrected chi connectivity index (χ2v) is 8.35. The average molecular weight is 425 g/mol. The summed E-state index contributed by atoms with van der Waals surface area (Å²) in [6, 6.07) is 2.96. The number of likely N-dealkylation sites (tertiary alicyclic amines) is 1. The highest BCUT2D eigenvalue weighted by atomic mass is 16.4. The quantitative estimate of drug-likeness (QED) is 0.598. The minimum absolute atomic E-state index is 0.0140. The fraction of sp³-hybridized carbons (Fsp3) is 0.476. The van der Waals surface area contributed by atoms with Crippen molar-refractivity contribution in [2.45, 2.75) is 52.2 Å². The molecule has 4 heterocycles. The van der Waals surface area contributed by atoms with Crippen molar-refractivity contribution in [2.24, 2.45) is 5.92 Å². The molecule has 31 heavy (non-hydrogen) atoms. The molecule has 2 N–H and O–H groups in total. The molecule has 2 atom stereocenters. The Morgan fingerprint density at radius 3 is 2.87 bits per heavy atom. The lowest BCUT2D eigenvalue weighted by molar-refractivity contribution is -0.122. The van der Waals surface area contributed by atoms with Crippen LogP contribution in [0.25, 0.3) is 0 Å². The van der Waals surface area contributed by atoms with Crippen LogP contribution in [0.5, 0.6) is 0 Å².